The molecule has 7 nitrogen and oxygen atoms in total. The molecule has 8 heteroatoms. The van der Waals surface area contributed by atoms with Crippen LogP contribution in [0.1, 0.15) is 22.5 Å². The Kier molecular flexibility index (Phi) is 5.76. The van der Waals surface area contributed by atoms with Crippen LogP contribution < -0.4 is 5.32 Å². The second-order valence-electron chi connectivity index (χ2n) is 7.06. The first-order chi connectivity index (χ1) is 14.5. The van der Waals surface area contributed by atoms with E-state index in [9.17, 15) is 4.79 Å². The summed E-state index contributed by atoms with van der Waals surface area (Å²) >= 11 is 1.32. The van der Waals surface area contributed by atoms with E-state index in [0.717, 1.165) is 22.6 Å². The molecule has 4 rings (SSSR count). The predicted molar refractivity (Wildman–Crippen MR) is 116 cm³/mol. The molecule has 154 valence electrons. The van der Waals surface area contributed by atoms with Gasteiger partial charge >= 0.3 is 0 Å². The quantitative estimate of drug-likeness (QED) is 0.429. The van der Waals surface area contributed by atoms with Gasteiger partial charge in [0.2, 0.25) is 11.7 Å². The van der Waals surface area contributed by atoms with Crippen molar-refractivity contribution >= 4 is 23.4 Å². The van der Waals surface area contributed by atoms with Gasteiger partial charge in [-0.2, -0.15) is 0 Å². The highest BCUT2D eigenvalue weighted by Gasteiger charge is 2.19. The van der Waals surface area contributed by atoms with Gasteiger partial charge in [-0.15, -0.1) is 10.2 Å². The monoisotopic (exact) mass is 422 g/mol. The van der Waals surface area contributed by atoms with E-state index in [1.807, 2.05) is 43.5 Å². The maximum Gasteiger partial charge on any atom is 0.234 e. The van der Waals surface area contributed by atoms with Gasteiger partial charge in [0.1, 0.15) is 5.76 Å². The SMILES string of the molecule is Cc1cc(C)c(NC(=O)CSc2nnc(-c3ccco3)n2Cc2ccco2)c(C)c1. The molecule has 0 radical (unpaired) electrons. The van der Waals surface area contributed by atoms with Crippen molar-refractivity contribution in [3.63, 3.8) is 0 Å². The van der Waals surface area contributed by atoms with Gasteiger partial charge in [0, 0.05) is 5.69 Å². The first kappa shape index (κ1) is 20.0. The van der Waals surface area contributed by atoms with Crippen molar-refractivity contribution in [1.82, 2.24) is 14.8 Å². The molecule has 4 aromatic rings. The summed E-state index contributed by atoms with van der Waals surface area (Å²) < 4.78 is 12.9. The topological polar surface area (TPSA) is 86.1 Å². The van der Waals surface area contributed by atoms with E-state index in [4.69, 9.17) is 8.83 Å². The number of hydrogen-bond acceptors (Lipinski definition) is 6. The van der Waals surface area contributed by atoms with Crippen molar-refractivity contribution in [2.24, 2.45) is 0 Å². The molecule has 0 spiro atoms. The third-order valence-electron chi connectivity index (χ3n) is 4.63. The van der Waals surface area contributed by atoms with Crippen LogP contribution in [0.15, 0.2) is 62.9 Å². The Bertz CT molecular complexity index is 1120. The largest absolute Gasteiger partial charge is 0.467 e. The molecule has 1 amide bonds. The minimum absolute atomic E-state index is 0.0952. The van der Waals surface area contributed by atoms with E-state index < -0.39 is 0 Å². The molecule has 0 unspecified atom stereocenters. The van der Waals surface area contributed by atoms with E-state index in [1.54, 1.807) is 18.6 Å². The molecule has 1 aromatic carbocycles. The molecule has 0 atom stereocenters. The number of hydrogen-bond donors (Lipinski definition) is 1. The number of nitrogens with zero attached hydrogens (tertiary/aromatic N) is 3. The van der Waals surface area contributed by atoms with Crippen molar-refractivity contribution in [3.8, 4) is 11.6 Å². The average Bonchev–Trinajstić information content (AvgIpc) is 3.45. The van der Waals surface area contributed by atoms with Gasteiger partial charge in [0.15, 0.2) is 10.9 Å². The average molecular weight is 423 g/mol. The Morgan fingerprint density at radius 2 is 1.80 bits per heavy atom. The van der Waals surface area contributed by atoms with Gasteiger partial charge < -0.3 is 14.2 Å². The van der Waals surface area contributed by atoms with Crippen LogP contribution >= 0.6 is 11.8 Å². The number of nitrogens with one attached hydrogen (secondary N) is 1. The molecule has 0 aliphatic carbocycles. The van der Waals surface area contributed by atoms with Gasteiger partial charge in [-0.3, -0.25) is 9.36 Å². The van der Waals surface area contributed by atoms with Crippen LogP contribution in [0.2, 0.25) is 0 Å². The number of rotatable bonds is 7. The van der Waals surface area contributed by atoms with E-state index >= 15 is 0 Å². The maximum absolute atomic E-state index is 12.6. The molecule has 3 aromatic heterocycles. The van der Waals surface area contributed by atoms with Crippen molar-refractivity contribution in [2.75, 3.05) is 11.1 Å². The Hall–Kier alpha value is -3.26. The molecule has 3 heterocycles. The van der Waals surface area contributed by atoms with Crippen LogP contribution in [0, 0.1) is 20.8 Å². The van der Waals surface area contributed by atoms with E-state index in [1.165, 1.54) is 17.3 Å². The Labute approximate surface area is 178 Å². The van der Waals surface area contributed by atoms with Crippen LogP contribution in [0.25, 0.3) is 11.6 Å². The molecular weight excluding hydrogens is 400 g/mol. The zero-order valence-corrected chi connectivity index (χ0v) is 17.8. The Morgan fingerprint density at radius 1 is 1.07 bits per heavy atom. The zero-order chi connectivity index (χ0) is 21.1. The van der Waals surface area contributed by atoms with Crippen molar-refractivity contribution in [2.45, 2.75) is 32.5 Å². The lowest BCUT2D eigenvalue weighted by Crippen LogP contribution is -2.16. The number of carbonyl (C=O) groups excluding carboxylic acids is 1. The third-order valence-corrected chi connectivity index (χ3v) is 5.59. The maximum atomic E-state index is 12.6. The molecular formula is C22H22N4O3S. The normalized spacial score (nSPS) is 11.0. The highest BCUT2D eigenvalue weighted by atomic mass is 32.2. The van der Waals surface area contributed by atoms with Crippen LogP contribution in [0.4, 0.5) is 5.69 Å². The molecule has 1 N–H and O–H groups in total. The summed E-state index contributed by atoms with van der Waals surface area (Å²) in [5.74, 6) is 2.07. The van der Waals surface area contributed by atoms with Crippen LogP contribution in [-0.2, 0) is 11.3 Å². The molecule has 0 aliphatic heterocycles. The Balaban J connectivity index is 1.51. The van der Waals surface area contributed by atoms with Crippen molar-refractivity contribution in [1.29, 1.82) is 0 Å². The summed E-state index contributed by atoms with van der Waals surface area (Å²) in [4.78, 5) is 12.6. The number of aromatic nitrogens is 3. The third kappa shape index (κ3) is 4.33. The lowest BCUT2D eigenvalue weighted by molar-refractivity contribution is -0.113. The number of thioether (sulfide) groups is 1. The van der Waals surface area contributed by atoms with E-state index in [2.05, 4.69) is 27.6 Å². The summed E-state index contributed by atoms with van der Waals surface area (Å²) in [5, 5.41) is 12.2. The van der Waals surface area contributed by atoms with Crippen LogP contribution in [0.5, 0.6) is 0 Å². The van der Waals surface area contributed by atoms with E-state index in [0.29, 0.717) is 23.3 Å². The fourth-order valence-electron chi connectivity index (χ4n) is 3.37. The van der Waals surface area contributed by atoms with Gasteiger partial charge in [0.05, 0.1) is 24.8 Å². The molecule has 0 aliphatic rings. The lowest BCUT2D eigenvalue weighted by atomic mass is 10.1. The van der Waals surface area contributed by atoms with Gasteiger partial charge in [-0.1, -0.05) is 29.5 Å². The Morgan fingerprint density at radius 3 is 2.47 bits per heavy atom. The lowest BCUT2D eigenvalue weighted by Gasteiger charge is -2.13. The smallest absolute Gasteiger partial charge is 0.234 e. The predicted octanol–water partition coefficient (Wildman–Crippen LogP) is 4.84. The number of amides is 1. The second-order valence-corrected chi connectivity index (χ2v) is 8.00. The first-order valence-electron chi connectivity index (χ1n) is 9.51. The summed E-state index contributed by atoms with van der Waals surface area (Å²) in [6, 6.07) is 11.5. The number of anilines is 1. The number of furan rings is 2. The fourth-order valence-corrected chi connectivity index (χ4v) is 4.11. The minimum Gasteiger partial charge on any atom is -0.467 e. The van der Waals surface area contributed by atoms with Crippen molar-refractivity contribution < 1.29 is 13.6 Å². The fraction of sp³-hybridized carbons (Fsp3) is 0.227. The molecule has 0 bridgehead atoms. The first-order valence-corrected chi connectivity index (χ1v) is 10.5. The molecule has 0 saturated heterocycles. The molecule has 30 heavy (non-hydrogen) atoms. The highest BCUT2D eigenvalue weighted by molar-refractivity contribution is 7.99. The van der Waals surface area contributed by atoms with Crippen LogP contribution in [-0.4, -0.2) is 26.4 Å². The van der Waals surface area contributed by atoms with E-state index in [-0.39, 0.29) is 11.7 Å². The summed E-state index contributed by atoms with van der Waals surface area (Å²) in [6.07, 6.45) is 3.21. The number of carbonyl (C=O) groups is 1. The highest BCUT2D eigenvalue weighted by Crippen LogP contribution is 2.27. The molecule has 0 saturated carbocycles. The van der Waals surface area contributed by atoms with Gasteiger partial charge in [-0.05, 0) is 56.2 Å². The van der Waals surface area contributed by atoms with Crippen LogP contribution in [0.3, 0.4) is 0 Å². The van der Waals surface area contributed by atoms with Gasteiger partial charge in [0.25, 0.3) is 0 Å². The minimum atomic E-state index is -0.0952. The van der Waals surface area contributed by atoms with Crippen molar-refractivity contribution in [3.05, 3.63) is 71.4 Å². The molecule has 0 fully saturated rings. The zero-order valence-electron chi connectivity index (χ0n) is 17.0. The summed E-state index contributed by atoms with van der Waals surface area (Å²) in [7, 11) is 0. The second kappa shape index (κ2) is 8.62. The summed E-state index contributed by atoms with van der Waals surface area (Å²) in [5.41, 5.74) is 4.13. The van der Waals surface area contributed by atoms with Gasteiger partial charge in [-0.25, -0.2) is 0 Å². The standard InChI is InChI=1S/C22H22N4O3S/c1-14-10-15(2)20(16(3)11-14)23-19(27)13-30-22-25-24-21(18-7-5-9-29-18)26(22)12-17-6-4-8-28-17/h4-11H,12-13H2,1-3H3,(H,23,27). The summed E-state index contributed by atoms with van der Waals surface area (Å²) in [6.45, 7) is 6.48. The number of benzene rings is 1. The number of aryl methyl sites for hydroxylation is 3.